The molecule has 0 aliphatic carbocycles. The molecule has 6 heteroatoms. The summed E-state index contributed by atoms with van der Waals surface area (Å²) in [5, 5.41) is 0. The van der Waals surface area contributed by atoms with Crippen LogP contribution in [0.1, 0.15) is 36.0 Å². The van der Waals surface area contributed by atoms with Gasteiger partial charge in [-0.05, 0) is 50.2 Å². The highest BCUT2D eigenvalue weighted by atomic mass is 32.2. The van der Waals surface area contributed by atoms with E-state index in [2.05, 4.69) is 9.80 Å². The molecule has 26 heavy (non-hydrogen) atoms. The molecule has 0 radical (unpaired) electrons. The quantitative estimate of drug-likeness (QED) is 0.787. The summed E-state index contributed by atoms with van der Waals surface area (Å²) in [5.74, 6) is 3.33. The van der Waals surface area contributed by atoms with Gasteiger partial charge in [0.25, 0.3) is 5.91 Å². The molecule has 2 aliphatic rings. The van der Waals surface area contributed by atoms with Crippen LogP contribution >= 0.6 is 11.8 Å². The molecule has 2 heterocycles. The van der Waals surface area contributed by atoms with Crippen molar-refractivity contribution in [1.29, 1.82) is 0 Å². The average molecular weight is 379 g/mol. The first-order valence-electron chi connectivity index (χ1n) is 9.56. The molecule has 0 spiro atoms. The Kier molecular flexibility index (Phi) is 7.08. The van der Waals surface area contributed by atoms with Gasteiger partial charge in [0.05, 0.1) is 25.8 Å². The minimum atomic E-state index is 0.0604. The van der Waals surface area contributed by atoms with Crippen LogP contribution in [-0.2, 0) is 0 Å². The smallest absolute Gasteiger partial charge is 0.258 e. The van der Waals surface area contributed by atoms with Gasteiger partial charge in [0, 0.05) is 18.8 Å². The number of nitrogens with zero attached hydrogens (tertiary/aromatic N) is 2. The Hall–Kier alpha value is -1.40. The van der Waals surface area contributed by atoms with Crippen LogP contribution in [0.5, 0.6) is 11.5 Å². The maximum atomic E-state index is 13.4. The number of carbonyl (C=O) groups excluding carboxylic acids is 1. The molecule has 2 fully saturated rings. The summed E-state index contributed by atoms with van der Waals surface area (Å²) in [5.41, 5.74) is 0.599. The number of hydrogen-bond donors (Lipinski definition) is 0. The monoisotopic (exact) mass is 378 g/mol. The van der Waals surface area contributed by atoms with Crippen molar-refractivity contribution in [2.75, 3.05) is 51.9 Å². The van der Waals surface area contributed by atoms with Crippen molar-refractivity contribution in [2.24, 2.45) is 0 Å². The summed E-state index contributed by atoms with van der Waals surface area (Å²) >= 11 is 1.97. The van der Waals surface area contributed by atoms with E-state index in [1.165, 1.54) is 19.3 Å². The molecule has 0 N–H and O–H groups in total. The summed E-state index contributed by atoms with van der Waals surface area (Å²) in [4.78, 5) is 18.0. The second-order valence-electron chi connectivity index (χ2n) is 6.98. The fraction of sp³-hybridized carbons (Fsp3) is 0.650. The third-order valence-electron chi connectivity index (χ3n) is 5.25. The fourth-order valence-electron chi connectivity index (χ4n) is 3.90. The third-order valence-corrected chi connectivity index (χ3v) is 6.45. The van der Waals surface area contributed by atoms with Gasteiger partial charge < -0.3 is 19.3 Å². The Morgan fingerprint density at radius 2 is 1.92 bits per heavy atom. The topological polar surface area (TPSA) is 42.0 Å². The molecule has 2 aliphatic heterocycles. The maximum Gasteiger partial charge on any atom is 0.258 e. The van der Waals surface area contributed by atoms with Crippen molar-refractivity contribution in [2.45, 2.75) is 31.7 Å². The van der Waals surface area contributed by atoms with Gasteiger partial charge in [-0.25, -0.2) is 0 Å². The van der Waals surface area contributed by atoms with E-state index in [0.717, 1.165) is 44.1 Å². The molecule has 3 rings (SSSR count). The average Bonchev–Trinajstić information content (AvgIpc) is 2.93. The number of carbonyl (C=O) groups is 1. The summed E-state index contributed by atoms with van der Waals surface area (Å²) in [6, 6.07) is 5.79. The lowest BCUT2D eigenvalue weighted by Crippen LogP contribution is -2.49. The van der Waals surface area contributed by atoms with E-state index < -0.39 is 0 Å². The van der Waals surface area contributed by atoms with Crippen LogP contribution in [0, 0.1) is 0 Å². The van der Waals surface area contributed by atoms with Crippen molar-refractivity contribution < 1.29 is 14.3 Å². The summed E-state index contributed by atoms with van der Waals surface area (Å²) in [6.07, 6.45) is 4.92. The minimum absolute atomic E-state index is 0.0604. The van der Waals surface area contributed by atoms with Gasteiger partial charge in [-0.3, -0.25) is 4.79 Å². The lowest BCUT2D eigenvalue weighted by atomic mass is 10.1. The van der Waals surface area contributed by atoms with Crippen molar-refractivity contribution >= 4 is 17.7 Å². The van der Waals surface area contributed by atoms with Gasteiger partial charge in [0.1, 0.15) is 0 Å². The number of likely N-dealkylation sites (tertiary alicyclic amines) is 1. The largest absolute Gasteiger partial charge is 0.493 e. The number of para-hydroxylation sites is 1. The van der Waals surface area contributed by atoms with E-state index in [1.54, 1.807) is 14.2 Å². The second-order valence-corrected chi connectivity index (χ2v) is 8.13. The number of rotatable bonds is 5. The van der Waals surface area contributed by atoms with Crippen LogP contribution in [0.3, 0.4) is 0 Å². The molecule has 1 unspecified atom stereocenters. The standard InChI is InChI=1S/C20H30N2O3S/c1-24-18-9-6-8-17(19(18)25-2)20(23)22-12-7-13-26-15-16(22)14-21-10-4-3-5-11-21/h6,8-9,16H,3-5,7,10-15H2,1-2H3. The van der Waals surface area contributed by atoms with Crippen molar-refractivity contribution in [3.05, 3.63) is 23.8 Å². The van der Waals surface area contributed by atoms with Crippen molar-refractivity contribution in [1.82, 2.24) is 9.80 Å². The van der Waals surface area contributed by atoms with Gasteiger partial charge in [0.15, 0.2) is 11.5 Å². The number of methoxy groups -OCH3 is 2. The van der Waals surface area contributed by atoms with Crippen LogP contribution in [0.15, 0.2) is 18.2 Å². The first-order chi connectivity index (χ1) is 12.7. The van der Waals surface area contributed by atoms with Crippen LogP contribution in [0.25, 0.3) is 0 Å². The highest BCUT2D eigenvalue weighted by Crippen LogP contribution is 2.32. The Morgan fingerprint density at radius 3 is 2.65 bits per heavy atom. The maximum absolute atomic E-state index is 13.4. The number of thioether (sulfide) groups is 1. The van der Waals surface area contributed by atoms with Crippen molar-refractivity contribution in [3.8, 4) is 11.5 Å². The summed E-state index contributed by atoms with van der Waals surface area (Å²) in [7, 11) is 3.20. The summed E-state index contributed by atoms with van der Waals surface area (Å²) < 4.78 is 10.9. The Balaban J connectivity index is 1.82. The van der Waals surface area contributed by atoms with E-state index >= 15 is 0 Å². The first-order valence-corrected chi connectivity index (χ1v) is 10.7. The zero-order valence-corrected chi connectivity index (χ0v) is 16.7. The third kappa shape index (κ3) is 4.46. The molecule has 0 saturated carbocycles. The fourth-order valence-corrected chi connectivity index (χ4v) is 4.96. The molecule has 0 aromatic heterocycles. The lowest BCUT2D eigenvalue weighted by Gasteiger charge is -2.36. The molecule has 1 amide bonds. The van der Waals surface area contributed by atoms with Gasteiger partial charge in [-0.1, -0.05) is 12.5 Å². The Labute approximate surface area is 161 Å². The van der Waals surface area contributed by atoms with Crippen LogP contribution in [0.2, 0.25) is 0 Å². The van der Waals surface area contributed by atoms with E-state index in [-0.39, 0.29) is 11.9 Å². The van der Waals surface area contributed by atoms with Gasteiger partial charge in [-0.15, -0.1) is 0 Å². The van der Waals surface area contributed by atoms with E-state index in [4.69, 9.17) is 9.47 Å². The van der Waals surface area contributed by atoms with Gasteiger partial charge in [0.2, 0.25) is 0 Å². The molecule has 1 atom stereocenters. The molecule has 2 saturated heterocycles. The van der Waals surface area contributed by atoms with Crippen LogP contribution < -0.4 is 9.47 Å². The molecule has 144 valence electrons. The zero-order chi connectivity index (χ0) is 18.4. The predicted molar refractivity (Wildman–Crippen MR) is 107 cm³/mol. The van der Waals surface area contributed by atoms with Gasteiger partial charge >= 0.3 is 0 Å². The molecule has 1 aromatic carbocycles. The first kappa shape index (κ1) is 19.4. The Bertz CT molecular complexity index is 605. The number of ether oxygens (including phenoxy) is 2. The number of piperidine rings is 1. The highest BCUT2D eigenvalue weighted by Gasteiger charge is 2.30. The van der Waals surface area contributed by atoms with Crippen molar-refractivity contribution in [3.63, 3.8) is 0 Å². The molecular weight excluding hydrogens is 348 g/mol. The van der Waals surface area contributed by atoms with E-state index in [0.29, 0.717) is 17.1 Å². The highest BCUT2D eigenvalue weighted by molar-refractivity contribution is 7.99. The summed E-state index contributed by atoms with van der Waals surface area (Å²) in [6.45, 7) is 4.10. The zero-order valence-electron chi connectivity index (χ0n) is 15.9. The molecule has 5 nitrogen and oxygen atoms in total. The molecular formula is C20H30N2O3S. The molecule has 0 bridgehead atoms. The SMILES string of the molecule is COc1cccc(C(=O)N2CCCSCC2CN2CCCCC2)c1OC. The van der Waals surface area contributed by atoms with E-state index in [9.17, 15) is 4.79 Å². The minimum Gasteiger partial charge on any atom is -0.493 e. The lowest BCUT2D eigenvalue weighted by molar-refractivity contribution is 0.0641. The van der Waals surface area contributed by atoms with Gasteiger partial charge in [-0.2, -0.15) is 11.8 Å². The molecule has 1 aromatic rings. The number of hydrogen-bond acceptors (Lipinski definition) is 5. The number of amides is 1. The Morgan fingerprint density at radius 1 is 1.12 bits per heavy atom. The van der Waals surface area contributed by atoms with E-state index in [1.807, 2.05) is 30.0 Å². The number of benzene rings is 1. The predicted octanol–water partition coefficient (Wildman–Crippen LogP) is 3.14. The normalized spacial score (nSPS) is 21.9. The van der Waals surface area contributed by atoms with Crippen LogP contribution in [-0.4, -0.2) is 73.7 Å². The second kappa shape index (κ2) is 9.51. The van der Waals surface area contributed by atoms with Crippen LogP contribution in [0.4, 0.5) is 0 Å².